The first kappa shape index (κ1) is 22.0. The Balaban J connectivity index is 2.04. The van der Waals surface area contributed by atoms with Crippen molar-refractivity contribution in [1.29, 1.82) is 0 Å². The fraction of sp³-hybridized carbons (Fsp3) is 0.700. The molecule has 0 bridgehead atoms. The molecule has 1 saturated heterocycles. The van der Waals surface area contributed by atoms with E-state index in [9.17, 15) is 19.8 Å². The molecule has 0 aromatic rings. The fourth-order valence-electron chi connectivity index (χ4n) is 3.32. The molecular weight excluding hydrogens is 366 g/mol. The summed E-state index contributed by atoms with van der Waals surface area (Å²) >= 11 is 1.14. The third-order valence-electron chi connectivity index (χ3n) is 4.97. The number of aliphatic hydroxyl groups is 2. The lowest BCUT2D eigenvalue weighted by Crippen LogP contribution is -2.41. The van der Waals surface area contributed by atoms with Gasteiger partial charge in [0.2, 0.25) is 0 Å². The van der Waals surface area contributed by atoms with Crippen molar-refractivity contribution in [2.45, 2.75) is 76.7 Å². The number of carbonyl (C=O) groups excluding carboxylic acids is 2. The Kier molecular flexibility index (Phi) is 8.86. The minimum Gasteiger partial charge on any atom is -0.459 e. The zero-order valence-electron chi connectivity index (χ0n) is 16.1. The topological polar surface area (TPSA) is 95.9 Å². The highest BCUT2D eigenvalue weighted by molar-refractivity contribution is 8.13. The summed E-state index contributed by atoms with van der Waals surface area (Å²) in [6, 6.07) is -0.353. The fourth-order valence-corrected chi connectivity index (χ4v) is 4.19. The predicted octanol–water partition coefficient (Wildman–Crippen LogP) is 2.94. The van der Waals surface area contributed by atoms with Gasteiger partial charge in [-0.3, -0.25) is 4.79 Å². The first-order chi connectivity index (χ1) is 12.8. The molecule has 0 radical (unpaired) electrons. The Labute approximate surface area is 165 Å². The van der Waals surface area contributed by atoms with E-state index in [1.807, 2.05) is 6.92 Å². The van der Waals surface area contributed by atoms with Crippen LogP contribution in [0.25, 0.3) is 0 Å². The molecule has 27 heavy (non-hydrogen) atoms. The number of amides is 1. The Hall–Kier alpha value is -1.31. The van der Waals surface area contributed by atoms with E-state index in [1.165, 1.54) is 6.08 Å². The second-order valence-corrected chi connectivity index (χ2v) is 8.61. The predicted molar refractivity (Wildman–Crippen MR) is 106 cm³/mol. The Morgan fingerprint density at radius 2 is 2.15 bits per heavy atom. The number of ether oxygens (including phenoxy) is 1. The minimum atomic E-state index is -0.820. The molecule has 7 heteroatoms. The smallest absolute Gasteiger partial charge is 0.330 e. The van der Waals surface area contributed by atoms with Gasteiger partial charge in [-0.2, -0.15) is 0 Å². The summed E-state index contributed by atoms with van der Waals surface area (Å²) in [5.74, 6) is 0.423. The molecule has 2 aliphatic rings. The molecule has 152 valence electrons. The lowest BCUT2D eigenvalue weighted by molar-refractivity contribution is -0.146. The molecule has 0 spiro atoms. The van der Waals surface area contributed by atoms with E-state index in [2.05, 4.69) is 24.4 Å². The number of carbonyl (C=O) groups is 2. The van der Waals surface area contributed by atoms with Crippen LogP contribution in [0.3, 0.4) is 0 Å². The summed E-state index contributed by atoms with van der Waals surface area (Å²) < 4.78 is 5.55. The summed E-state index contributed by atoms with van der Waals surface area (Å²) in [6.07, 6.45) is 7.34. The first-order valence-electron chi connectivity index (χ1n) is 9.67. The van der Waals surface area contributed by atoms with Crippen LogP contribution in [0.1, 0.15) is 52.4 Å². The number of allylic oxidation sites excluding steroid dienone is 3. The lowest BCUT2D eigenvalue weighted by Gasteiger charge is -2.25. The van der Waals surface area contributed by atoms with E-state index in [0.717, 1.165) is 36.6 Å². The van der Waals surface area contributed by atoms with Gasteiger partial charge in [0.15, 0.2) is 0 Å². The highest BCUT2D eigenvalue weighted by Gasteiger charge is 2.31. The SMILES string of the molecule is CC1=CC(=O)OC(CC(O)C2CSC(=O)N2)CC(O)CCC(C)C=CCC1. The van der Waals surface area contributed by atoms with Gasteiger partial charge in [-0.15, -0.1) is 0 Å². The molecule has 2 rings (SSSR count). The number of aliphatic hydroxyl groups excluding tert-OH is 2. The van der Waals surface area contributed by atoms with Crippen LogP contribution < -0.4 is 5.32 Å². The zero-order chi connectivity index (χ0) is 19.8. The van der Waals surface area contributed by atoms with Crippen LogP contribution in [-0.4, -0.2) is 51.5 Å². The highest BCUT2D eigenvalue weighted by atomic mass is 32.2. The normalized spacial score (nSPS) is 32.2. The summed E-state index contributed by atoms with van der Waals surface area (Å²) in [6.45, 7) is 4.02. The quantitative estimate of drug-likeness (QED) is 0.501. The molecule has 2 aliphatic heterocycles. The number of hydrogen-bond acceptors (Lipinski definition) is 6. The second-order valence-electron chi connectivity index (χ2n) is 7.61. The molecule has 2 heterocycles. The zero-order valence-corrected chi connectivity index (χ0v) is 16.9. The molecule has 0 aromatic heterocycles. The number of thioether (sulfide) groups is 1. The van der Waals surface area contributed by atoms with Crippen molar-refractivity contribution < 1.29 is 24.5 Å². The van der Waals surface area contributed by atoms with E-state index in [1.54, 1.807) is 0 Å². The van der Waals surface area contributed by atoms with E-state index in [0.29, 0.717) is 18.1 Å². The number of esters is 1. The number of cyclic esters (lactones) is 1. The van der Waals surface area contributed by atoms with Crippen LogP contribution in [0.2, 0.25) is 0 Å². The summed E-state index contributed by atoms with van der Waals surface area (Å²) in [4.78, 5) is 23.6. The van der Waals surface area contributed by atoms with Gasteiger partial charge in [-0.05, 0) is 38.5 Å². The molecule has 5 unspecified atom stereocenters. The summed E-state index contributed by atoms with van der Waals surface area (Å²) in [5, 5.41) is 23.4. The van der Waals surface area contributed by atoms with Crippen molar-refractivity contribution in [1.82, 2.24) is 5.32 Å². The largest absolute Gasteiger partial charge is 0.459 e. The van der Waals surface area contributed by atoms with Gasteiger partial charge >= 0.3 is 5.97 Å². The van der Waals surface area contributed by atoms with Crippen LogP contribution >= 0.6 is 11.8 Å². The van der Waals surface area contributed by atoms with Crippen molar-refractivity contribution >= 4 is 23.0 Å². The van der Waals surface area contributed by atoms with Gasteiger partial charge in [0, 0.05) is 24.7 Å². The average Bonchev–Trinajstić information content (AvgIpc) is 3.02. The number of nitrogens with one attached hydrogen (secondary N) is 1. The molecule has 1 fully saturated rings. The van der Waals surface area contributed by atoms with Crippen LogP contribution in [0.5, 0.6) is 0 Å². The van der Waals surface area contributed by atoms with Crippen LogP contribution in [-0.2, 0) is 9.53 Å². The van der Waals surface area contributed by atoms with E-state index in [4.69, 9.17) is 4.74 Å². The molecule has 5 atom stereocenters. The van der Waals surface area contributed by atoms with Crippen LogP contribution in [0.15, 0.2) is 23.8 Å². The van der Waals surface area contributed by atoms with E-state index >= 15 is 0 Å². The molecule has 0 saturated carbocycles. The van der Waals surface area contributed by atoms with Gasteiger partial charge in [-0.25, -0.2) is 4.79 Å². The molecule has 3 N–H and O–H groups in total. The van der Waals surface area contributed by atoms with Gasteiger partial charge in [0.05, 0.1) is 18.2 Å². The van der Waals surface area contributed by atoms with E-state index < -0.39 is 24.3 Å². The standard InChI is InChI=1S/C20H31NO5S/c1-13-5-3-4-6-14(2)9-19(24)26-16(10-15(22)8-7-13)11-18(23)17-12-27-20(25)21-17/h3,5,9,13,15-18,22-23H,4,6-8,10-12H2,1-2H3,(H,21,25). The van der Waals surface area contributed by atoms with Crippen molar-refractivity contribution in [3.63, 3.8) is 0 Å². The van der Waals surface area contributed by atoms with Crippen molar-refractivity contribution in [2.24, 2.45) is 5.92 Å². The van der Waals surface area contributed by atoms with E-state index in [-0.39, 0.29) is 24.1 Å². The van der Waals surface area contributed by atoms with Crippen molar-refractivity contribution in [3.8, 4) is 0 Å². The summed E-state index contributed by atoms with van der Waals surface area (Å²) in [5.41, 5.74) is 0.939. The maximum absolute atomic E-state index is 12.2. The summed E-state index contributed by atoms with van der Waals surface area (Å²) in [7, 11) is 0. The Bertz CT molecular complexity index is 577. The lowest BCUT2D eigenvalue weighted by atomic mass is 9.96. The minimum absolute atomic E-state index is 0.150. The van der Waals surface area contributed by atoms with Gasteiger partial charge in [0.25, 0.3) is 5.24 Å². The monoisotopic (exact) mass is 397 g/mol. The molecule has 6 nitrogen and oxygen atoms in total. The average molecular weight is 398 g/mol. The van der Waals surface area contributed by atoms with Crippen molar-refractivity contribution in [2.75, 3.05) is 5.75 Å². The molecule has 0 aliphatic carbocycles. The van der Waals surface area contributed by atoms with Gasteiger partial charge in [-0.1, -0.05) is 36.4 Å². The number of hydrogen-bond donors (Lipinski definition) is 3. The maximum atomic E-state index is 12.2. The highest BCUT2D eigenvalue weighted by Crippen LogP contribution is 2.22. The van der Waals surface area contributed by atoms with Crippen LogP contribution in [0.4, 0.5) is 4.79 Å². The van der Waals surface area contributed by atoms with Gasteiger partial charge < -0.3 is 20.3 Å². The Morgan fingerprint density at radius 1 is 1.37 bits per heavy atom. The molecule has 1 amide bonds. The van der Waals surface area contributed by atoms with Crippen LogP contribution in [0, 0.1) is 5.92 Å². The van der Waals surface area contributed by atoms with Crippen molar-refractivity contribution in [3.05, 3.63) is 23.8 Å². The third-order valence-corrected chi connectivity index (χ3v) is 5.88. The Morgan fingerprint density at radius 3 is 2.85 bits per heavy atom. The maximum Gasteiger partial charge on any atom is 0.330 e. The number of rotatable bonds is 3. The first-order valence-corrected chi connectivity index (χ1v) is 10.7. The molecule has 0 aromatic carbocycles. The van der Waals surface area contributed by atoms with Gasteiger partial charge in [0.1, 0.15) is 6.10 Å². The molecular formula is C20H31NO5S. The second kappa shape index (κ2) is 10.9. The third kappa shape index (κ3) is 8.07.